The molecule has 0 radical (unpaired) electrons. The number of alkyl halides is 1. The van der Waals surface area contributed by atoms with Crippen LogP contribution >= 0.6 is 15.9 Å². The summed E-state index contributed by atoms with van der Waals surface area (Å²) in [5.74, 6) is 2.20. The summed E-state index contributed by atoms with van der Waals surface area (Å²) in [6.45, 7) is 2.91. The van der Waals surface area contributed by atoms with Crippen molar-refractivity contribution in [2.24, 2.45) is 17.8 Å². The van der Waals surface area contributed by atoms with Crippen LogP contribution in [0.2, 0.25) is 0 Å². The van der Waals surface area contributed by atoms with Crippen molar-refractivity contribution in [3.05, 3.63) is 0 Å². The lowest BCUT2D eigenvalue weighted by molar-refractivity contribution is -0.126. The van der Waals surface area contributed by atoms with E-state index in [1.807, 2.05) is 0 Å². The molecule has 4 unspecified atom stereocenters. The number of halogens is 1. The first-order valence-corrected chi connectivity index (χ1v) is 7.04. The molecule has 1 N–H and O–H groups in total. The second-order valence-corrected chi connectivity index (χ2v) is 6.33. The normalized spacial score (nSPS) is 35.5. The number of carbonyl (C=O) groups excluding carboxylic acids is 1. The molecule has 2 aliphatic carbocycles. The van der Waals surface area contributed by atoms with Crippen LogP contribution in [0.1, 0.15) is 39.0 Å². The van der Waals surface area contributed by atoms with Crippen molar-refractivity contribution in [3.63, 3.8) is 0 Å². The zero-order valence-electron chi connectivity index (χ0n) is 9.34. The highest BCUT2D eigenvalue weighted by Gasteiger charge is 2.42. The van der Waals surface area contributed by atoms with Crippen molar-refractivity contribution in [3.8, 4) is 0 Å². The fraction of sp³-hybridized carbons (Fsp3) is 0.917. The molecule has 0 spiro atoms. The predicted molar refractivity (Wildman–Crippen MR) is 65.0 cm³/mol. The predicted octanol–water partition coefficient (Wildman–Crippen LogP) is 2.71. The molecule has 2 aliphatic rings. The highest BCUT2D eigenvalue weighted by Crippen LogP contribution is 2.48. The Morgan fingerprint density at radius 2 is 2.27 bits per heavy atom. The fourth-order valence-corrected chi connectivity index (χ4v) is 3.21. The lowest BCUT2D eigenvalue weighted by atomic mass is 9.88. The largest absolute Gasteiger partial charge is 0.355 e. The van der Waals surface area contributed by atoms with Crippen molar-refractivity contribution in [1.82, 2.24) is 5.32 Å². The van der Waals surface area contributed by atoms with Gasteiger partial charge in [-0.2, -0.15) is 0 Å². The molecule has 1 amide bonds. The average molecular weight is 274 g/mol. The van der Waals surface area contributed by atoms with Crippen LogP contribution in [0.4, 0.5) is 0 Å². The molecule has 0 aliphatic heterocycles. The van der Waals surface area contributed by atoms with Gasteiger partial charge in [0, 0.05) is 17.3 Å². The molecule has 86 valence electrons. The van der Waals surface area contributed by atoms with E-state index in [9.17, 15) is 4.79 Å². The minimum Gasteiger partial charge on any atom is -0.355 e. The molecule has 0 heterocycles. The molecule has 2 rings (SSSR count). The lowest BCUT2D eigenvalue weighted by Gasteiger charge is -2.21. The average Bonchev–Trinajstić information content (AvgIpc) is 2.86. The number of hydrogen-bond acceptors (Lipinski definition) is 1. The van der Waals surface area contributed by atoms with Crippen molar-refractivity contribution in [2.45, 2.75) is 43.9 Å². The number of amides is 1. The molecular formula is C12H20BrNO. The summed E-state index contributed by atoms with van der Waals surface area (Å²) in [5, 5.41) is 3.07. The molecule has 0 aromatic heterocycles. The quantitative estimate of drug-likeness (QED) is 0.785. The molecule has 0 saturated heterocycles. The van der Waals surface area contributed by atoms with Crippen molar-refractivity contribution < 1.29 is 4.79 Å². The third-order valence-corrected chi connectivity index (χ3v) is 4.99. The minimum atomic E-state index is 0.306. The lowest BCUT2D eigenvalue weighted by Crippen LogP contribution is -2.36. The van der Waals surface area contributed by atoms with Gasteiger partial charge in [0.15, 0.2) is 0 Å². The molecule has 0 aromatic rings. The van der Waals surface area contributed by atoms with Crippen molar-refractivity contribution in [2.75, 3.05) is 6.54 Å². The molecule has 2 nitrogen and oxygen atoms in total. The number of fused-ring (bicyclic) bond motifs is 2. The molecule has 0 aromatic carbocycles. The van der Waals surface area contributed by atoms with Gasteiger partial charge in [-0.3, -0.25) is 4.79 Å². The van der Waals surface area contributed by atoms with Crippen LogP contribution in [0.3, 0.4) is 0 Å². The highest BCUT2D eigenvalue weighted by atomic mass is 79.9. The smallest absolute Gasteiger partial charge is 0.223 e. The van der Waals surface area contributed by atoms with Crippen LogP contribution in [0, 0.1) is 17.8 Å². The van der Waals surface area contributed by atoms with Crippen LogP contribution < -0.4 is 5.32 Å². The third-order valence-electron chi connectivity index (χ3n) is 4.02. The second kappa shape index (κ2) is 4.86. The van der Waals surface area contributed by atoms with E-state index >= 15 is 0 Å². The van der Waals surface area contributed by atoms with E-state index in [4.69, 9.17) is 0 Å². The second-order valence-electron chi connectivity index (χ2n) is 5.03. The van der Waals surface area contributed by atoms with Crippen LogP contribution in [0.5, 0.6) is 0 Å². The van der Waals surface area contributed by atoms with Gasteiger partial charge in [0.1, 0.15) is 0 Å². The summed E-state index contributed by atoms with van der Waals surface area (Å²) in [7, 11) is 0. The van der Waals surface area contributed by atoms with Crippen LogP contribution in [-0.4, -0.2) is 17.3 Å². The molecule has 4 atom stereocenters. The van der Waals surface area contributed by atoms with E-state index < -0.39 is 0 Å². The maximum atomic E-state index is 11.9. The third kappa shape index (κ3) is 2.55. The number of carbonyl (C=O) groups is 1. The monoisotopic (exact) mass is 273 g/mol. The Labute approximate surface area is 100 Å². The van der Waals surface area contributed by atoms with Crippen molar-refractivity contribution in [1.29, 1.82) is 0 Å². The summed E-state index contributed by atoms with van der Waals surface area (Å²) >= 11 is 3.54. The Morgan fingerprint density at radius 3 is 2.80 bits per heavy atom. The number of nitrogens with one attached hydrogen (secondary N) is 1. The van der Waals surface area contributed by atoms with E-state index in [1.54, 1.807) is 0 Å². The first kappa shape index (κ1) is 11.4. The van der Waals surface area contributed by atoms with Gasteiger partial charge in [-0.25, -0.2) is 0 Å². The maximum absolute atomic E-state index is 11.9. The molecule has 15 heavy (non-hydrogen) atoms. The van der Waals surface area contributed by atoms with Gasteiger partial charge in [-0.05, 0) is 37.5 Å². The Morgan fingerprint density at radius 1 is 1.47 bits per heavy atom. The Hall–Kier alpha value is -0.0500. The van der Waals surface area contributed by atoms with E-state index in [0.29, 0.717) is 22.6 Å². The summed E-state index contributed by atoms with van der Waals surface area (Å²) in [4.78, 5) is 12.4. The number of hydrogen-bond donors (Lipinski definition) is 1. The topological polar surface area (TPSA) is 29.1 Å². The van der Waals surface area contributed by atoms with Crippen LogP contribution in [-0.2, 0) is 4.79 Å². The van der Waals surface area contributed by atoms with Crippen molar-refractivity contribution >= 4 is 21.8 Å². The Balaban J connectivity index is 1.77. The van der Waals surface area contributed by atoms with Gasteiger partial charge in [0.05, 0.1) is 0 Å². The van der Waals surface area contributed by atoms with Gasteiger partial charge in [-0.1, -0.05) is 29.3 Å². The SMILES string of the molecule is CCC(Br)CNC(=O)C1CC2CCC1C2. The summed E-state index contributed by atoms with van der Waals surface area (Å²) in [6.07, 6.45) is 6.18. The molecule has 3 heteroatoms. The molecular weight excluding hydrogens is 254 g/mol. The van der Waals surface area contributed by atoms with Crippen LogP contribution in [0.15, 0.2) is 0 Å². The molecule has 2 saturated carbocycles. The maximum Gasteiger partial charge on any atom is 0.223 e. The zero-order chi connectivity index (χ0) is 10.8. The molecule has 2 bridgehead atoms. The summed E-state index contributed by atoms with van der Waals surface area (Å²) < 4.78 is 0. The van der Waals surface area contributed by atoms with Gasteiger partial charge < -0.3 is 5.32 Å². The zero-order valence-corrected chi connectivity index (χ0v) is 10.9. The Kier molecular flexibility index (Phi) is 3.70. The van der Waals surface area contributed by atoms with Gasteiger partial charge in [-0.15, -0.1) is 0 Å². The summed E-state index contributed by atoms with van der Waals surface area (Å²) in [6, 6.07) is 0. The first-order chi connectivity index (χ1) is 7.20. The minimum absolute atomic E-state index is 0.306. The summed E-state index contributed by atoms with van der Waals surface area (Å²) in [5.41, 5.74) is 0. The first-order valence-electron chi connectivity index (χ1n) is 6.12. The fourth-order valence-electron chi connectivity index (χ4n) is 3.05. The van der Waals surface area contributed by atoms with Gasteiger partial charge in [0.2, 0.25) is 5.91 Å². The molecule has 2 fully saturated rings. The standard InChI is InChI=1S/C12H20BrNO/c1-2-10(13)7-14-12(15)11-6-8-3-4-9(11)5-8/h8-11H,2-7H2,1H3,(H,14,15). The van der Waals surface area contributed by atoms with E-state index in [0.717, 1.165) is 25.3 Å². The van der Waals surface area contributed by atoms with Gasteiger partial charge >= 0.3 is 0 Å². The highest BCUT2D eigenvalue weighted by molar-refractivity contribution is 9.09. The number of rotatable bonds is 4. The van der Waals surface area contributed by atoms with Gasteiger partial charge in [0.25, 0.3) is 0 Å². The van der Waals surface area contributed by atoms with E-state index in [-0.39, 0.29) is 0 Å². The Bertz CT molecular complexity index is 244. The van der Waals surface area contributed by atoms with E-state index in [1.165, 1.54) is 19.3 Å². The van der Waals surface area contributed by atoms with Crippen LogP contribution in [0.25, 0.3) is 0 Å². The van der Waals surface area contributed by atoms with E-state index in [2.05, 4.69) is 28.2 Å².